The Labute approximate surface area is 137 Å². The molecule has 3 atom stereocenters. The Morgan fingerprint density at radius 3 is 2.41 bits per heavy atom. The van der Waals surface area contributed by atoms with Crippen LogP contribution in [0.4, 0.5) is 0 Å². The fourth-order valence-corrected chi connectivity index (χ4v) is 1.99. The number of hydrogen-bond acceptors (Lipinski definition) is 4. The second-order valence-corrected chi connectivity index (χ2v) is 4.12. The van der Waals surface area contributed by atoms with E-state index in [1.807, 2.05) is 24.3 Å². The summed E-state index contributed by atoms with van der Waals surface area (Å²) in [5, 5.41) is 22.2. The van der Waals surface area contributed by atoms with Crippen LogP contribution in [0.25, 0.3) is 0 Å². The Kier molecular flexibility index (Phi) is 6.39. The number of hydrogen-bond donors (Lipinski definition) is 3. The third kappa shape index (κ3) is 3.90. The number of aliphatic hydroxyl groups excluding tert-OH is 2. The molecule has 0 amide bonds. The summed E-state index contributed by atoms with van der Waals surface area (Å²) in [6.45, 7) is 0.460. The molecule has 1 saturated heterocycles. The molecule has 1 aromatic rings. The maximum atomic E-state index is 9.68. The van der Waals surface area contributed by atoms with E-state index in [0.717, 1.165) is 11.3 Å². The van der Waals surface area contributed by atoms with E-state index in [1.165, 1.54) is 0 Å². The summed E-state index contributed by atoms with van der Waals surface area (Å²) in [5.41, 5.74) is 1.12. The van der Waals surface area contributed by atoms with Gasteiger partial charge in [-0.2, -0.15) is 0 Å². The first-order valence-electron chi connectivity index (χ1n) is 5.43. The van der Waals surface area contributed by atoms with Crippen molar-refractivity contribution in [3.8, 4) is 5.75 Å². The molecule has 0 aromatic heterocycles. The molecule has 1 heterocycles. The molecule has 1 aliphatic heterocycles. The molecule has 0 aliphatic carbocycles. The Hall–Kier alpha value is 0.342. The summed E-state index contributed by atoms with van der Waals surface area (Å²) in [6, 6.07) is 7.67. The molecule has 5 heteroatoms. The van der Waals surface area contributed by atoms with Crippen molar-refractivity contribution in [3.63, 3.8) is 0 Å². The van der Waals surface area contributed by atoms with Crippen molar-refractivity contribution in [3.05, 3.63) is 29.8 Å². The first-order valence-corrected chi connectivity index (χ1v) is 5.43. The minimum atomic E-state index is -0.679. The van der Waals surface area contributed by atoms with Crippen molar-refractivity contribution in [2.45, 2.75) is 24.7 Å². The van der Waals surface area contributed by atoms with Crippen LogP contribution in [0.5, 0.6) is 5.75 Å². The van der Waals surface area contributed by atoms with Crippen LogP contribution in [0.3, 0.4) is 0 Å². The van der Waals surface area contributed by atoms with Gasteiger partial charge in [-0.3, -0.25) is 0 Å². The van der Waals surface area contributed by atoms with Crippen molar-refractivity contribution in [1.82, 2.24) is 5.32 Å². The smallest absolute Gasteiger partial charge is 0.118 e. The Balaban J connectivity index is 0.00000144. The quantitative estimate of drug-likeness (QED) is 0.604. The summed E-state index contributed by atoms with van der Waals surface area (Å²) in [4.78, 5) is 0. The molecule has 1 radical (unpaired) electrons. The van der Waals surface area contributed by atoms with Crippen molar-refractivity contribution in [2.24, 2.45) is 0 Å². The van der Waals surface area contributed by atoms with E-state index in [9.17, 15) is 10.2 Å². The second kappa shape index (κ2) is 7.06. The molecule has 2 unspecified atom stereocenters. The minimum absolute atomic E-state index is 0. The van der Waals surface area contributed by atoms with Crippen LogP contribution in [0, 0.1) is 44.1 Å². The molecule has 91 valence electrons. The molecule has 1 aromatic carbocycles. The third-order valence-electron chi connectivity index (χ3n) is 3.01. The molecular weight excluding hydrogens is 433 g/mol. The number of ether oxygens (including phenoxy) is 1. The SMILES string of the molecule is COc1ccc(C[C@H]2NCC(O)C2O)cc1.[Ac]. The molecule has 0 bridgehead atoms. The summed E-state index contributed by atoms with van der Waals surface area (Å²) < 4.78 is 5.07. The average Bonchev–Trinajstić information content (AvgIpc) is 2.62. The summed E-state index contributed by atoms with van der Waals surface area (Å²) >= 11 is 0. The van der Waals surface area contributed by atoms with Crippen LogP contribution >= 0.6 is 0 Å². The largest absolute Gasteiger partial charge is 0.497 e. The van der Waals surface area contributed by atoms with Gasteiger partial charge in [-0.1, -0.05) is 12.1 Å². The van der Waals surface area contributed by atoms with Crippen molar-refractivity contribution < 1.29 is 59.0 Å². The van der Waals surface area contributed by atoms with Crippen molar-refractivity contribution >= 4 is 0 Å². The van der Waals surface area contributed by atoms with Gasteiger partial charge in [0, 0.05) is 56.6 Å². The van der Waals surface area contributed by atoms with Gasteiger partial charge in [0.25, 0.3) is 0 Å². The third-order valence-corrected chi connectivity index (χ3v) is 3.01. The van der Waals surface area contributed by atoms with Crippen LogP contribution in [-0.2, 0) is 6.42 Å². The topological polar surface area (TPSA) is 61.7 Å². The van der Waals surface area contributed by atoms with E-state index in [4.69, 9.17) is 4.74 Å². The van der Waals surface area contributed by atoms with Gasteiger partial charge in [0.05, 0.1) is 19.3 Å². The first-order chi connectivity index (χ1) is 7.70. The van der Waals surface area contributed by atoms with Crippen molar-refractivity contribution in [2.75, 3.05) is 13.7 Å². The van der Waals surface area contributed by atoms with Gasteiger partial charge in [0.1, 0.15) is 5.75 Å². The average molecular weight is 450 g/mol. The fraction of sp³-hybridized carbons (Fsp3) is 0.500. The molecule has 1 fully saturated rings. The van der Waals surface area contributed by atoms with Crippen LogP contribution in [-0.4, -0.2) is 42.1 Å². The van der Waals surface area contributed by atoms with E-state index in [1.54, 1.807) is 7.11 Å². The summed E-state index contributed by atoms with van der Waals surface area (Å²) in [6.07, 6.45) is -0.618. The molecule has 3 N–H and O–H groups in total. The predicted molar refractivity (Wildman–Crippen MR) is 60.5 cm³/mol. The summed E-state index contributed by atoms with van der Waals surface area (Å²) in [7, 11) is 1.63. The van der Waals surface area contributed by atoms with Gasteiger partial charge in [0.2, 0.25) is 0 Å². The van der Waals surface area contributed by atoms with E-state index in [-0.39, 0.29) is 50.1 Å². The molecule has 4 nitrogen and oxygen atoms in total. The normalized spacial score (nSPS) is 27.6. The molecule has 0 saturated carbocycles. The van der Waals surface area contributed by atoms with Crippen LogP contribution in [0.15, 0.2) is 24.3 Å². The van der Waals surface area contributed by atoms with Crippen LogP contribution in [0.1, 0.15) is 5.56 Å². The van der Waals surface area contributed by atoms with Crippen molar-refractivity contribution in [1.29, 1.82) is 0 Å². The van der Waals surface area contributed by atoms with Gasteiger partial charge >= 0.3 is 0 Å². The molecule has 17 heavy (non-hydrogen) atoms. The molecule has 2 rings (SSSR count). The standard InChI is InChI=1S/C12H17NO3.Ac/c1-16-9-4-2-8(3-5-9)6-10-12(15)11(14)7-13-10;/h2-5,10-15H,6-7H2,1H3;/t10-,11?,12?;/m1./s1. The summed E-state index contributed by atoms with van der Waals surface area (Å²) in [5.74, 6) is 0.823. The monoisotopic (exact) mass is 450 g/mol. The molecule has 1 aliphatic rings. The zero-order valence-corrected chi connectivity index (χ0v) is 14.6. The predicted octanol–water partition coefficient (Wildman–Crippen LogP) is -0.0687. The van der Waals surface area contributed by atoms with E-state index in [0.29, 0.717) is 13.0 Å². The van der Waals surface area contributed by atoms with Gasteiger partial charge < -0.3 is 20.3 Å². The van der Waals surface area contributed by atoms with Crippen LogP contribution in [0.2, 0.25) is 0 Å². The van der Waals surface area contributed by atoms with Gasteiger partial charge in [-0.05, 0) is 24.1 Å². The van der Waals surface area contributed by atoms with E-state index in [2.05, 4.69) is 5.32 Å². The Morgan fingerprint density at radius 2 is 1.94 bits per heavy atom. The number of benzene rings is 1. The Morgan fingerprint density at radius 1 is 1.29 bits per heavy atom. The number of methoxy groups -OCH3 is 1. The number of nitrogens with one attached hydrogen (secondary N) is 1. The van der Waals surface area contributed by atoms with Crippen LogP contribution < -0.4 is 10.1 Å². The fourth-order valence-electron chi connectivity index (χ4n) is 1.99. The molecular formula is C12H17AcNO3. The van der Waals surface area contributed by atoms with E-state index >= 15 is 0 Å². The first kappa shape index (κ1) is 15.4. The maximum Gasteiger partial charge on any atom is 0.118 e. The van der Waals surface area contributed by atoms with E-state index < -0.39 is 12.2 Å². The molecule has 0 spiro atoms. The van der Waals surface area contributed by atoms with Gasteiger partial charge in [-0.15, -0.1) is 0 Å². The van der Waals surface area contributed by atoms with Gasteiger partial charge in [-0.25, -0.2) is 0 Å². The number of rotatable bonds is 3. The number of aliphatic hydroxyl groups is 2. The zero-order valence-electron chi connectivity index (χ0n) is 9.84. The Bertz CT molecular complexity index is 344. The van der Waals surface area contributed by atoms with Gasteiger partial charge in [0.15, 0.2) is 0 Å². The number of β-amino-alcohol motifs (C(OH)–C–C–N with tert-alkyl or cyclic N) is 1. The maximum absolute atomic E-state index is 9.68. The zero-order chi connectivity index (χ0) is 11.5. The minimum Gasteiger partial charge on any atom is -0.497 e. The second-order valence-electron chi connectivity index (χ2n) is 4.12.